The first kappa shape index (κ1) is 29.3. The van der Waals surface area contributed by atoms with Gasteiger partial charge in [0.1, 0.15) is 5.75 Å². The van der Waals surface area contributed by atoms with Crippen LogP contribution in [0.4, 0.5) is 5.69 Å². The molecule has 2 bridgehead atoms. The van der Waals surface area contributed by atoms with Gasteiger partial charge in [-0.3, -0.25) is 14.4 Å². The Morgan fingerprint density at radius 1 is 0.542 bits per heavy atom. The van der Waals surface area contributed by atoms with Gasteiger partial charge in [0.25, 0.3) is 0 Å². The number of anilines is 1. The fraction of sp³-hybridized carbons (Fsp3) is 0.125. The second-order valence-electron chi connectivity index (χ2n) is 12.1. The summed E-state index contributed by atoms with van der Waals surface area (Å²) in [7, 11) is 0. The molecule has 9 rings (SSSR count). The standard InChI is InChI=1S/C40H27NO7/c42-32(23-17-19-27(20-18-23)48-40(46)24-9-2-1-3-10-24)22-47-39(45)25-11-8-12-26(21-25)41-37(43)35-33-28-13-4-5-14-29(28)34(36(35)38(41)44)31-16-7-6-15-30(31)33/h1-21,33-36H,22H2/t33?,34?,35-,36-/m1/s1. The van der Waals surface area contributed by atoms with Crippen LogP contribution in [0.1, 0.15) is 65.2 Å². The third kappa shape index (κ3) is 4.72. The zero-order chi connectivity index (χ0) is 32.9. The van der Waals surface area contributed by atoms with Crippen molar-refractivity contribution in [3.8, 4) is 5.75 Å². The Hall–Kier alpha value is -6.15. The number of ether oxygens (including phenoxy) is 2. The van der Waals surface area contributed by atoms with Crippen LogP contribution < -0.4 is 9.64 Å². The largest absolute Gasteiger partial charge is 0.454 e. The number of imide groups is 1. The van der Waals surface area contributed by atoms with Crippen LogP contribution in [0, 0.1) is 11.8 Å². The third-order valence-electron chi connectivity index (χ3n) is 9.52. The predicted octanol–water partition coefficient (Wildman–Crippen LogP) is 6.34. The van der Waals surface area contributed by atoms with Crippen molar-refractivity contribution < 1.29 is 33.4 Å². The predicted molar refractivity (Wildman–Crippen MR) is 175 cm³/mol. The lowest BCUT2D eigenvalue weighted by molar-refractivity contribution is -0.122. The van der Waals surface area contributed by atoms with Crippen LogP contribution in [-0.2, 0) is 14.3 Å². The molecule has 48 heavy (non-hydrogen) atoms. The van der Waals surface area contributed by atoms with Crippen LogP contribution in [0.5, 0.6) is 5.75 Å². The summed E-state index contributed by atoms with van der Waals surface area (Å²) < 4.78 is 10.7. The SMILES string of the molecule is O=C(COC(=O)c1cccc(N2C(=O)[C@@H]3C4c5ccccc5C(c5ccccc54)[C@H]3C2=O)c1)c1ccc(OC(=O)c2ccccc2)cc1. The summed E-state index contributed by atoms with van der Waals surface area (Å²) in [6.45, 7) is -0.530. The molecule has 4 aliphatic rings. The van der Waals surface area contributed by atoms with E-state index in [9.17, 15) is 24.0 Å². The average Bonchev–Trinajstić information content (AvgIpc) is 3.40. The molecule has 8 heteroatoms. The first-order valence-corrected chi connectivity index (χ1v) is 15.6. The number of esters is 2. The maximum Gasteiger partial charge on any atom is 0.343 e. The molecule has 0 saturated carbocycles. The van der Waals surface area contributed by atoms with Crippen molar-refractivity contribution >= 4 is 35.2 Å². The van der Waals surface area contributed by atoms with Gasteiger partial charge in [-0.05, 0) is 76.9 Å². The number of nitrogens with zero attached hydrogens (tertiary/aromatic N) is 1. The van der Waals surface area contributed by atoms with Gasteiger partial charge in [-0.2, -0.15) is 0 Å². The van der Waals surface area contributed by atoms with E-state index in [1.165, 1.54) is 41.3 Å². The normalized spacial score (nSPS) is 20.0. The monoisotopic (exact) mass is 633 g/mol. The highest BCUT2D eigenvalue weighted by Crippen LogP contribution is 2.61. The average molecular weight is 634 g/mol. The molecule has 2 amide bonds. The molecule has 3 aliphatic carbocycles. The van der Waals surface area contributed by atoms with Gasteiger partial charge >= 0.3 is 11.9 Å². The molecule has 1 heterocycles. The molecular weight excluding hydrogens is 606 g/mol. The zero-order valence-electron chi connectivity index (χ0n) is 25.4. The smallest absolute Gasteiger partial charge is 0.343 e. The molecule has 0 aromatic heterocycles. The molecule has 8 nitrogen and oxygen atoms in total. The topological polar surface area (TPSA) is 107 Å². The van der Waals surface area contributed by atoms with E-state index in [2.05, 4.69) is 0 Å². The number of amides is 2. The van der Waals surface area contributed by atoms with E-state index in [1.54, 1.807) is 42.5 Å². The van der Waals surface area contributed by atoms with Crippen LogP contribution >= 0.6 is 0 Å². The van der Waals surface area contributed by atoms with E-state index in [-0.39, 0.29) is 46.2 Å². The molecule has 5 aromatic carbocycles. The molecule has 0 unspecified atom stereocenters. The number of hydrogen-bond donors (Lipinski definition) is 0. The van der Waals surface area contributed by atoms with Crippen LogP contribution in [0.2, 0.25) is 0 Å². The maximum absolute atomic E-state index is 14.1. The first-order chi connectivity index (χ1) is 23.4. The van der Waals surface area contributed by atoms with Crippen molar-refractivity contribution in [3.63, 3.8) is 0 Å². The molecular formula is C40H27NO7. The van der Waals surface area contributed by atoms with E-state index in [0.717, 1.165) is 22.3 Å². The number of ketones is 1. The van der Waals surface area contributed by atoms with Crippen molar-refractivity contribution in [2.24, 2.45) is 11.8 Å². The maximum atomic E-state index is 14.1. The Balaban J connectivity index is 0.967. The number of hydrogen-bond acceptors (Lipinski definition) is 7. The van der Waals surface area contributed by atoms with Crippen molar-refractivity contribution in [3.05, 3.63) is 166 Å². The fourth-order valence-electron chi connectivity index (χ4n) is 7.45. The van der Waals surface area contributed by atoms with E-state index in [4.69, 9.17) is 9.47 Å². The van der Waals surface area contributed by atoms with Crippen molar-refractivity contribution in [1.29, 1.82) is 0 Å². The highest BCUT2D eigenvalue weighted by atomic mass is 16.5. The molecule has 1 fully saturated rings. The number of rotatable bonds is 7. The molecule has 1 saturated heterocycles. The van der Waals surface area contributed by atoms with Gasteiger partial charge < -0.3 is 9.47 Å². The Kier molecular flexibility index (Phi) is 7.06. The molecule has 0 spiro atoms. The van der Waals surface area contributed by atoms with Crippen LogP contribution in [0.25, 0.3) is 0 Å². The molecule has 2 atom stereocenters. The van der Waals surface area contributed by atoms with Crippen molar-refractivity contribution in [1.82, 2.24) is 0 Å². The zero-order valence-corrected chi connectivity index (χ0v) is 25.4. The van der Waals surface area contributed by atoms with Crippen LogP contribution in [0.15, 0.2) is 127 Å². The number of carbonyl (C=O) groups excluding carboxylic acids is 5. The van der Waals surface area contributed by atoms with Gasteiger partial charge in [-0.25, -0.2) is 14.5 Å². The highest BCUT2D eigenvalue weighted by Gasteiger charge is 2.61. The summed E-state index contributed by atoms with van der Waals surface area (Å²) in [5, 5.41) is 0. The van der Waals surface area contributed by atoms with Crippen LogP contribution in [0.3, 0.4) is 0 Å². The second kappa shape index (κ2) is 11.6. The second-order valence-corrected chi connectivity index (χ2v) is 12.1. The number of Topliss-reactive ketones (excluding diaryl/α,β-unsaturated/α-hetero) is 1. The molecule has 0 N–H and O–H groups in total. The minimum Gasteiger partial charge on any atom is -0.454 e. The number of carbonyl (C=O) groups is 5. The van der Waals surface area contributed by atoms with Gasteiger partial charge in [0.05, 0.1) is 28.7 Å². The van der Waals surface area contributed by atoms with Gasteiger partial charge in [-0.1, -0.05) is 72.8 Å². The third-order valence-corrected chi connectivity index (χ3v) is 9.52. The van der Waals surface area contributed by atoms with Gasteiger partial charge in [0.2, 0.25) is 11.8 Å². The summed E-state index contributed by atoms with van der Waals surface area (Å²) in [5.41, 5.74) is 5.37. The van der Waals surface area contributed by atoms with Crippen LogP contribution in [-0.4, -0.2) is 36.1 Å². The summed E-state index contributed by atoms with van der Waals surface area (Å²) in [4.78, 5) is 67.5. The highest BCUT2D eigenvalue weighted by molar-refractivity contribution is 6.23. The molecule has 0 radical (unpaired) electrons. The summed E-state index contributed by atoms with van der Waals surface area (Å²) in [5.74, 6) is -3.63. The minimum absolute atomic E-state index is 0.105. The Morgan fingerprint density at radius 3 is 1.62 bits per heavy atom. The van der Waals surface area contributed by atoms with Gasteiger partial charge in [-0.15, -0.1) is 0 Å². The quantitative estimate of drug-likeness (QED) is 0.0891. The first-order valence-electron chi connectivity index (χ1n) is 15.6. The van der Waals surface area contributed by atoms with Crippen molar-refractivity contribution in [2.45, 2.75) is 11.8 Å². The fourth-order valence-corrected chi connectivity index (χ4v) is 7.45. The van der Waals surface area contributed by atoms with E-state index in [1.807, 2.05) is 48.5 Å². The van der Waals surface area contributed by atoms with E-state index < -0.39 is 36.2 Å². The lowest BCUT2D eigenvalue weighted by Gasteiger charge is -2.45. The molecule has 234 valence electrons. The van der Waals surface area contributed by atoms with Gasteiger partial charge in [0, 0.05) is 17.4 Å². The summed E-state index contributed by atoms with van der Waals surface area (Å²) >= 11 is 0. The van der Waals surface area contributed by atoms with E-state index in [0.29, 0.717) is 5.56 Å². The van der Waals surface area contributed by atoms with E-state index >= 15 is 0 Å². The Labute approximate surface area is 275 Å². The molecule has 5 aromatic rings. The van der Waals surface area contributed by atoms with Crippen molar-refractivity contribution in [2.75, 3.05) is 11.5 Å². The lowest BCUT2D eigenvalue weighted by atomic mass is 9.55. The lowest BCUT2D eigenvalue weighted by Crippen LogP contribution is -2.41. The number of benzene rings is 5. The summed E-state index contributed by atoms with van der Waals surface area (Å²) in [6, 6.07) is 36.7. The van der Waals surface area contributed by atoms with Gasteiger partial charge in [0.15, 0.2) is 12.4 Å². The Bertz CT molecular complexity index is 2020. The Morgan fingerprint density at radius 2 is 1.06 bits per heavy atom. The molecule has 1 aliphatic heterocycles. The summed E-state index contributed by atoms with van der Waals surface area (Å²) in [6.07, 6.45) is 0. The minimum atomic E-state index is -0.769.